The largest absolute Gasteiger partial charge is 0.357 e. The van der Waals surface area contributed by atoms with Crippen molar-refractivity contribution in [1.82, 2.24) is 15.5 Å². The van der Waals surface area contributed by atoms with Crippen LogP contribution in [0.5, 0.6) is 0 Å². The number of hydrogen-bond acceptors (Lipinski definition) is 2. The topological polar surface area (TPSA) is 39.7 Å². The van der Waals surface area contributed by atoms with E-state index in [1.165, 1.54) is 17.5 Å². The lowest BCUT2D eigenvalue weighted by Gasteiger charge is -2.11. The third-order valence-corrected chi connectivity index (χ3v) is 3.72. The van der Waals surface area contributed by atoms with Crippen molar-refractivity contribution in [3.63, 3.8) is 0 Å². The fourth-order valence-electron chi connectivity index (χ4n) is 2.30. The van der Waals surface area contributed by atoms with Gasteiger partial charge in [-0.05, 0) is 44.5 Å². The predicted molar refractivity (Wildman–Crippen MR) is 89.4 cm³/mol. The molecule has 0 bridgehead atoms. The van der Waals surface area contributed by atoms with E-state index >= 15 is 0 Å². The third kappa shape index (κ3) is 5.38. The van der Waals surface area contributed by atoms with Gasteiger partial charge in [-0.15, -0.1) is 0 Å². The van der Waals surface area contributed by atoms with Gasteiger partial charge in [-0.2, -0.15) is 0 Å². The van der Waals surface area contributed by atoms with Gasteiger partial charge >= 0.3 is 0 Å². The highest BCUT2D eigenvalue weighted by Crippen LogP contribution is 2.28. The van der Waals surface area contributed by atoms with Crippen molar-refractivity contribution in [2.24, 2.45) is 10.9 Å². The molecule has 1 fully saturated rings. The van der Waals surface area contributed by atoms with Gasteiger partial charge < -0.3 is 15.5 Å². The molecule has 2 N–H and O–H groups in total. The molecule has 1 saturated carbocycles. The number of benzene rings is 1. The van der Waals surface area contributed by atoms with Crippen LogP contribution in [0.15, 0.2) is 29.3 Å². The van der Waals surface area contributed by atoms with Crippen molar-refractivity contribution < 1.29 is 0 Å². The summed E-state index contributed by atoms with van der Waals surface area (Å²) in [5.74, 6) is 1.71. The standard InChI is InChI=1S/C17H28N4/c1-5-18-17(20-16-10-13(16)2)19-11-14-6-8-15(9-7-14)12-21(3)4/h6-9,13,16H,5,10-12H2,1-4H3,(H2,18,19,20). The molecule has 0 saturated heterocycles. The summed E-state index contributed by atoms with van der Waals surface area (Å²) in [6.07, 6.45) is 1.25. The average Bonchev–Trinajstić information content (AvgIpc) is 3.13. The van der Waals surface area contributed by atoms with Crippen molar-refractivity contribution in [1.29, 1.82) is 0 Å². The van der Waals surface area contributed by atoms with Crippen molar-refractivity contribution in [2.45, 2.75) is 39.4 Å². The highest BCUT2D eigenvalue weighted by Gasteiger charge is 2.33. The molecule has 1 aliphatic carbocycles. The second-order valence-electron chi connectivity index (χ2n) is 6.21. The Hall–Kier alpha value is -1.55. The maximum atomic E-state index is 4.67. The van der Waals surface area contributed by atoms with E-state index in [0.717, 1.165) is 31.5 Å². The molecule has 0 amide bonds. The van der Waals surface area contributed by atoms with Gasteiger partial charge in [0, 0.05) is 19.1 Å². The van der Waals surface area contributed by atoms with Gasteiger partial charge in [0.2, 0.25) is 0 Å². The number of aliphatic imine (C=N–C) groups is 1. The Balaban J connectivity index is 1.90. The molecule has 116 valence electrons. The van der Waals surface area contributed by atoms with E-state index < -0.39 is 0 Å². The predicted octanol–water partition coefficient (Wildman–Crippen LogP) is 2.21. The molecule has 0 heterocycles. The van der Waals surface area contributed by atoms with E-state index in [1.54, 1.807) is 0 Å². The van der Waals surface area contributed by atoms with Gasteiger partial charge in [-0.25, -0.2) is 4.99 Å². The molecular weight excluding hydrogens is 260 g/mol. The highest BCUT2D eigenvalue weighted by atomic mass is 15.2. The van der Waals surface area contributed by atoms with E-state index in [9.17, 15) is 0 Å². The molecule has 2 atom stereocenters. The summed E-state index contributed by atoms with van der Waals surface area (Å²) < 4.78 is 0. The summed E-state index contributed by atoms with van der Waals surface area (Å²) in [7, 11) is 4.18. The van der Waals surface area contributed by atoms with Gasteiger partial charge in [-0.1, -0.05) is 31.2 Å². The molecule has 1 aromatic carbocycles. The van der Waals surface area contributed by atoms with Crippen LogP contribution in [0.4, 0.5) is 0 Å². The Morgan fingerprint density at radius 2 is 1.86 bits per heavy atom. The van der Waals surface area contributed by atoms with Crippen LogP contribution in [0.25, 0.3) is 0 Å². The minimum Gasteiger partial charge on any atom is -0.357 e. The Morgan fingerprint density at radius 3 is 2.38 bits per heavy atom. The zero-order chi connectivity index (χ0) is 15.2. The van der Waals surface area contributed by atoms with E-state index in [2.05, 4.69) is 72.7 Å². The number of guanidine groups is 1. The summed E-state index contributed by atoms with van der Waals surface area (Å²) in [6.45, 7) is 6.97. The Kier molecular flexibility index (Phi) is 5.62. The fraction of sp³-hybridized carbons (Fsp3) is 0.588. The monoisotopic (exact) mass is 288 g/mol. The summed E-state index contributed by atoms with van der Waals surface area (Å²) in [5, 5.41) is 6.80. The number of hydrogen-bond donors (Lipinski definition) is 2. The minimum atomic E-state index is 0.602. The van der Waals surface area contributed by atoms with Crippen LogP contribution < -0.4 is 10.6 Å². The molecule has 4 nitrogen and oxygen atoms in total. The normalized spacial score (nSPS) is 21.5. The average molecular weight is 288 g/mol. The second kappa shape index (κ2) is 7.46. The van der Waals surface area contributed by atoms with Gasteiger partial charge in [0.15, 0.2) is 5.96 Å². The van der Waals surface area contributed by atoms with Crippen LogP contribution in [-0.2, 0) is 13.1 Å². The molecule has 21 heavy (non-hydrogen) atoms. The summed E-state index contributed by atoms with van der Waals surface area (Å²) in [6, 6.07) is 9.32. The molecule has 0 spiro atoms. The van der Waals surface area contributed by atoms with Crippen molar-refractivity contribution >= 4 is 5.96 Å². The van der Waals surface area contributed by atoms with Crippen molar-refractivity contribution in [3.05, 3.63) is 35.4 Å². The lowest BCUT2D eigenvalue weighted by molar-refractivity contribution is 0.402. The molecule has 0 radical (unpaired) electrons. The number of rotatable bonds is 6. The summed E-state index contributed by atoms with van der Waals surface area (Å²) in [5.41, 5.74) is 2.59. The van der Waals surface area contributed by atoms with Gasteiger partial charge in [0.25, 0.3) is 0 Å². The van der Waals surface area contributed by atoms with Crippen molar-refractivity contribution in [2.75, 3.05) is 20.6 Å². The zero-order valence-electron chi connectivity index (χ0n) is 13.7. The first-order valence-corrected chi connectivity index (χ1v) is 7.86. The Morgan fingerprint density at radius 1 is 1.24 bits per heavy atom. The van der Waals surface area contributed by atoms with Crippen LogP contribution in [-0.4, -0.2) is 37.5 Å². The first-order valence-electron chi connectivity index (χ1n) is 7.86. The first kappa shape index (κ1) is 15.8. The molecule has 2 unspecified atom stereocenters. The fourth-order valence-corrected chi connectivity index (χ4v) is 2.30. The van der Waals surface area contributed by atoms with Crippen LogP contribution >= 0.6 is 0 Å². The maximum Gasteiger partial charge on any atom is 0.191 e. The second-order valence-corrected chi connectivity index (χ2v) is 6.21. The lowest BCUT2D eigenvalue weighted by atomic mass is 10.1. The smallest absolute Gasteiger partial charge is 0.191 e. The van der Waals surface area contributed by atoms with E-state index in [4.69, 9.17) is 0 Å². The Bertz CT molecular complexity index is 464. The quantitative estimate of drug-likeness (QED) is 0.623. The molecule has 1 aromatic rings. The molecule has 0 aliphatic heterocycles. The van der Waals surface area contributed by atoms with Crippen LogP contribution in [0, 0.1) is 5.92 Å². The molecule has 2 rings (SSSR count). The molecule has 4 heteroatoms. The van der Waals surface area contributed by atoms with Gasteiger partial charge in [0.1, 0.15) is 0 Å². The minimum absolute atomic E-state index is 0.602. The van der Waals surface area contributed by atoms with E-state index in [0.29, 0.717) is 6.04 Å². The number of nitrogens with one attached hydrogen (secondary N) is 2. The number of nitrogens with zero attached hydrogens (tertiary/aromatic N) is 2. The van der Waals surface area contributed by atoms with Gasteiger partial charge in [-0.3, -0.25) is 0 Å². The molecule has 0 aromatic heterocycles. The first-order chi connectivity index (χ1) is 10.1. The van der Waals surface area contributed by atoms with Crippen LogP contribution in [0.1, 0.15) is 31.4 Å². The van der Waals surface area contributed by atoms with Crippen molar-refractivity contribution in [3.8, 4) is 0 Å². The van der Waals surface area contributed by atoms with Gasteiger partial charge in [0.05, 0.1) is 6.54 Å². The summed E-state index contributed by atoms with van der Waals surface area (Å²) >= 11 is 0. The third-order valence-electron chi connectivity index (χ3n) is 3.72. The van der Waals surface area contributed by atoms with E-state index in [-0.39, 0.29) is 0 Å². The maximum absolute atomic E-state index is 4.67. The molecular formula is C17H28N4. The Labute approximate surface area is 128 Å². The van der Waals surface area contributed by atoms with Crippen LogP contribution in [0.3, 0.4) is 0 Å². The molecule has 1 aliphatic rings. The zero-order valence-corrected chi connectivity index (χ0v) is 13.7. The highest BCUT2D eigenvalue weighted by molar-refractivity contribution is 5.80. The van der Waals surface area contributed by atoms with E-state index in [1.807, 2.05) is 0 Å². The van der Waals surface area contributed by atoms with Crippen LogP contribution in [0.2, 0.25) is 0 Å². The SMILES string of the molecule is CCNC(=NCc1ccc(CN(C)C)cc1)NC1CC1C. The summed E-state index contributed by atoms with van der Waals surface area (Å²) in [4.78, 5) is 6.85. The lowest BCUT2D eigenvalue weighted by Crippen LogP contribution is -2.39.